The maximum absolute atomic E-state index is 11.7. The molecule has 1 saturated heterocycles. The normalized spacial score (nSPS) is 24.4. The summed E-state index contributed by atoms with van der Waals surface area (Å²) in [7, 11) is 0. The largest absolute Gasteiger partial charge is 0.356 e. The molecule has 3 unspecified atom stereocenters. The molecular weight excluding hydrogens is 276 g/mol. The molecule has 0 aromatic heterocycles. The Morgan fingerprint density at radius 2 is 1.77 bits per heavy atom. The van der Waals surface area contributed by atoms with Gasteiger partial charge >= 0.3 is 0 Å². The summed E-state index contributed by atoms with van der Waals surface area (Å²) >= 11 is 0. The minimum absolute atomic E-state index is 0.173. The van der Waals surface area contributed by atoms with E-state index in [2.05, 4.69) is 24.5 Å². The highest BCUT2D eigenvalue weighted by atomic mass is 16.1. The molecule has 0 saturated carbocycles. The zero-order valence-electron chi connectivity index (χ0n) is 14.6. The molecule has 0 aliphatic carbocycles. The van der Waals surface area contributed by atoms with Gasteiger partial charge in [-0.1, -0.05) is 26.7 Å². The summed E-state index contributed by atoms with van der Waals surface area (Å²) in [5.74, 6) is 1.96. The van der Waals surface area contributed by atoms with Gasteiger partial charge in [0.1, 0.15) is 5.78 Å². The standard InChI is InChI=1S/C18H34N2O2/c1-14-13-20-17(16(14)3)10-6-7-11-18(22)19-12-8-4-5-9-15(2)21/h14,16-17,20H,4-13H2,1-3H3,(H,19,22). The van der Waals surface area contributed by atoms with Gasteiger partial charge in [0.15, 0.2) is 0 Å². The first-order chi connectivity index (χ1) is 10.5. The van der Waals surface area contributed by atoms with Gasteiger partial charge in [-0.05, 0) is 51.0 Å². The van der Waals surface area contributed by atoms with Crippen LogP contribution in [0.2, 0.25) is 0 Å². The van der Waals surface area contributed by atoms with E-state index in [-0.39, 0.29) is 11.7 Å². The van der Waals surface area contributed by atoms with E-state index >= 15 is 0 Å². The number of hydrogen-bond acceptors (Lipinski definition) is 3. The molecule has 128 valence electrons. The van der Waals surface area contributed by atoms with E-state index in [0.717, 1.165) is 57.0 Å². The SMILES string of the molecule is CC(=O)CCCCCNC(=O)CCCCC1NCC(C)C1C. The summed E-state index contributed by atoms with van der Waals surface area (Å²) in [6.07, 6.45) is 7.53. The molecular formula is C18H34N2O2. The van der Waals surface area contributed by atoms with Gasteiger partial charge < -0.3 is 15.4 Å². The maximum atomic E-state index is 11.7. The van der Waals surface area contributed by atoms with Crippen molar-refractivity contribution in [2.75, 3.05) is 13.1 Å². The van der Waals surface area contributed by atoms with Crippen molar-refractivity contribution in [3.63, 3.8) is 0 Å². The molecule has 4 heteroatoms. The number of nitrogens with one attached hydrogen (secondary N) is 2. The highest BCUT2D eigenvalue weighted by Crippen LogP contribution is 2.24. The fraction of sp³-hybridized carbons (Fsp3) is 0.889. The van der Waals surface area contributed by atoms with Gasteiger partial charge in [-0.15, -0.1) is 0 Å². The van der Waals surface area contributed by atoms with Crippen LogP contribution >= 0.6 is 0 Å². The second-order valence-electron chi connectivity index (χ2n) is 6.96. The number of unbranched alkanes of at least 4 members (excludes halogenated alkanes) is 3. The summed E-state index contributed by atoms with van der Waals surface area (Å²) in [6, 6.07) is 0.638. The number of ketones is 1. The average Bonchev–Trinajstić information content (AvgIpc) is 2.78. The Morgan fingerprint density at radius 3 is 2.41 bits per heavy atom. The first-order valence-electron chi connectivity index (χ1n) is 9.00. The van der Waals surface area contributed by atoms with Gasteiger partial charge in [-0.25, -0.2) is 0 Å². The fourth-order valence-corrected chi connectivity index (χ4v) is 3.11. The molecule has 22 heavy (non-hydrogen) atoms. The Hall–Kier alpha value is -0.900. The molecule has 0 spiro atoms. The van der Waals surface area contributed by atoms with E-state index in [0.29, 0.717) is 18.9 Å². The fourth-order valence-electron chi connectivity index (χ4n) is 3.11. The molecule has 1 rings (SSSR count). The zero-order valence-corrected chi connectivity index (χ0v) is 14.6. The van der Waals surface area contributed by atoms with E-state index in [1.54, 1.807) is 6.92 Å². The van der Waals surface area contributed by atoms with Crippen LogP contribution < -0.4 is 10.6 Å². The van der Waals surface area contributed by atoms with Crippen molar-refractivity contribution >= 4 is 11.7 Å². The van der Waals surface area contributed by atoms with Crippen molar-refractivity contribution in [1.29, 1.82) is 0 Å². The third-order valence-electron chi connectivity index (χ3n) is 4.93. The minimum atomic E-state index is 0.173. The Kier molecular flexibility index (Phi) is 9.37. The van der Waals surface area contributed by atoms with Gasteiger partial charge in [0.05, 0.1) is 0 Å². The Balaban J connectivity index is 1.92. The summed E-state index contributed by atoms with van der Waals surface area (Å²) in [4.78, 5) is 22.5. The van der Waals surface area contributed by atoms with Gasteiger partial charge in [0.25, 0.3) is 0 Å². The second-order valence-corrected chi connectivity index (χ2v) is 6.96. The highest BCUT2D eigenvalue weighted by molar-refractivity contribution is 5.76. The van der Waals surface area contributed by atoms with Gasteiger partial charge in [-0.3, -0.25) is 4.79 Å². The predicted molar refractivity (Wildman–Crippen MR) is 90.7 cm³/mol. The lowest BCUT2D eigenvalue weighted by atomic mass is 9.91. The number of carbonyl (C=O) groups is 2. The third kappa shape index (κ3) is 7.92. The molecule has 0 aromatic rings. The van der Waals surface area contributed by atoms with Crippen molar-refractivity contribution in [2.24, 2.45) is 11.8 Å². The van der Waals surface area contributed by atoms with Crippen LogP contribution in [0.3, 0.4) is 0 Å². The first-order valence-corrected chi connectivity index (χ1v) is 9.00. The number of rotatable bonds is 11. The maximum Gasteiger partial charge on any atom is 0.219 e. The zero-order chi connectivity index (χ0) is 16.4. The van der Waals surface area contributed by atoms with Crippen LogP contribution in [0.15, 0.2) is 0 Å². The molecule has 0 radical (unpaired) electrons. The molecule has 1 fully saturated rings. The van der Waals surface area contributed by atoms with Crippen molar-refractivity contribution < 1.29 is 9.59 Å². The molecule has 0 bridgehead atoms. The molecule has 1 aliphatic rings. The van der Waals surface area contributed by atoms with Crippen LogP contribution in [-0.4, -0.2) is 30.8 Å². The smallest absolute Gasteiger partial charge is 0.219 e. The summed E-state index contributed by atoms with van der Waals surface area (Å²) in [5.41, 5.74) is 0. The highest BCUT2D eigenvalue weighted by Gasteiger charge is 2.28. The number of Topliss-reactive ketones (excluding diaryl/α,β-unsaturated/α-hetero) is 1. The number of carbonyl (C=O) groups excluding carboxylic acids is 2. The van der Waals surface area contributed by atoms with Gasteiger partial charge in [0, 0.05) is 25.4 Å². The molecule has 3 atom stereocenters. The lowest BCUT2D eigenvalue weighted by Crippen LogP contribution is -2.26. The summed E-state index contributed by atoms with van der Waals surface area (Å²) in [6.45, 7) is 8.14. The van der Waals surface area contributed by atoms with Crippen molar-refractivity contribution in [1.82, 2.24) is 10.6 Å². The van der Waals surface area contributed by atoms with Crippen LogP contribution in [0.1, 0.15) is 72.1 Å². The quantitative estimate of drug-likeness (QED) is 0.577. The number of amides is 1. The molecule has 0 aromatic carbocycles. The average molecular weight is 310 g/mol. The predicted octanol–water partition coefficient (Wildman–Crippen LogP) is 3.06. The van der Waals surface area contributed by atoms with Crippen molar-refractivity contribution in [3.05, 3.63) is 0 Å². The summed E-state index contributed by atoms with van der Waals surface area (Å²) < 4.78 is 0. The molecule has 1 heterocycles. The van der Waals surface area contributed by atoms with E-state index in [1.165, 1.54) is 6.42 Å². The van der Waals surface area contributed by atoms with Crippen molar-refractivity contribution in [2.45, 2.75) is 78.2 Å². The third-order valence-corrected chi connectivity index (χ3v) is 4.93. The Morgan fingerprint density at radius 1 is 1.05 bits per heavy atom. The molecule has 2 N–H and O–H groups in total. The van der Waals surface area contributed by atoms with Gasteiger partial charge in [0.2, 0.25) is 5.91 Å². The van der Waals surface area contributed by atoms with E-state index in [9.17, 15) is 9.59 Å². The van der Waals surface area contributed by atoms with Crippen LogP contribution in [-0.2, 0) is 9.59 Å². The lowest BCUT2D eigenvalue weighted by Gasteiger charge is -2.17. The first kappa shape index (κ1) is 19.1. The second kappa shape index (κ2) is 10.8. The van der Waals surface area contributed by atoms with E-state index in [1.807, 2.05) is 0 Å². The Labute approximate surface area is 135 Å². The molecule has 4 nitrogen and oxygen atoms in total. The Bertz CT molecular complexity index is 344. The van der Waals surface area contributed by atoms with Crippen molar-refractivity contribution in [3.8, 4) is 0 Å². The minimum Gasteiger partial charge on any atom is -0.356 e. The number of hydrogen-bond donors (Lipinski definition) is 2. The van der Waals surface area contributed by atoms with Crippen LogP contribution in [0, 0.1) is 11.8 Å². The monoisotopic (exact) mass is 310 g/mol. The van der Waals surface area contributed by atoms with Crippen LogP contribution in [0.25, 0.3) is 0 Å². The van der Waals surface area contributed by atoms with Crippen LogP contribution in [0.4, 0.5) is 0 Å². The molecule has 1 aliphatic heterocycles. The lowest BCUT2D eigenvalue weighted by molar-refractivity contribution is -0.121. The molecule has 1 amide bonds. The summed E-state index contributed by atoms with van der Waals surface area (Å²) in [5, 5.41) is 6.56. The van der Waals surface area contributed by atoms with E-state index in [4.69, 9.17) is 0 Å². The van der Waals surface area contributed by atoms with Crippen LogP contribution in [0.5, 0.6) is 0 Å². The van der Waals surface area contributed by atoms with Gasteiger partial charge in [-0.2, -0.15) is 0 Å². The van der Waals surface area contributed by atoms with E-state index < -0.39 is 0 Å². The topological polar surface area (TPSA) is 58.2 Å².